The third kappa shape index (κ3) is 3.60. The van der Waals surface area contributed by atoms with Gasteiger partial charge >= 0.3 is 0 Å². The fourth-order valence-corrected chi connectivity index (χ4v) is 3.22. The van der Waals surface area contributed by atoms with Crippen LogP contribution in [-0.2, 0) is 6.54 Å². The van der Waals surface area contributed by atoms with Gasteiger partial charge in [0.15, 0.2) is 0 Å². The average molecular weight is 339 g/mol. The third-order valence-electron chi connectivity index (χ3n) is 3.54. The maximum absolute atomic E-state index is 12.4. The molecule has 0 fully saturated rings. The van der Waals surface area contributed by atoms with Crippen LogP contribution in [-0.4, -0.2) is 23.0 Å². The Balaban J connectivity index is 1.69. The first-order chi connectivity index (χ1) is 11.7. The molecule has 0 bridgehead atoms. The molecule has 0 unspecified atom stereocenters. The topological polar surface area (TPSA) is 64.1 Å². The van der Waals surface area contributed by atoms with Gasteiger partial charge in [-0.25, -0.2) is 4.98 Å². The van der Waals surface area contributed by atoms with Crippen molar-refractivity contribution in [2.45, 2.75) is 13.5 Å². The molecule has 1 amide bonds. The van der Waals surface area contributed by atoms with Crippen molar-refractivity contribution in [2.75, 3.05) is 7.11 Å². The Labute approximate surface area is 144 Å². The van der Waals surface area contributed by atoms with Crippen molar-refractivity contribution < 1.29 is 9.53 Å². The number of hydrogen-bond donors (Lipinski definition) is 1. The Morgan fingerprint density at radius 2 is 1.88 bits per heavy atom. The molecule has 6 heteroatoms. The molecule has 3 aromatic rings. The summed E-state index contributed by atoms with van der Waals surface area (Å²) >= 11 is 1.39. The van der Waals surface area contributed by atoms with E-state index in [9.17, 15) is 4.79 Å². The molecular weight excluding hydrogens is 322 g/mol. The van der Waals surface area contributed by atoms with E-state index in [1.54, 1.807) is 19.5 Å². The zero-order valence-corrected chi connectivity index (χ0v) is 14.3. The van der Waals surface area contributed by atoms with E-state index in [4.69, 9.17) is 4.74 Å². The van der Waals surface area contributed by atoms with Crippen LogP contribution in [0.3, 0.4) is 0 Å². The summed E-state index contributed by atoms with van der Waals surface area (Å²) in [6.07, 6.45) is 3.44. The van der Waals surface area contributed by atoms with Crippen molar-refractivity contribution >= 4 is 17.2 Å². The van der Waals surface area contributed by atoms with Gasteiger partial charge in [0.25, 0.3) is 5.91 Å². The molecule has 0 saturated heterocycles. The van der Waals surface area contributed by atoms with Crippen molar-refractivity contribution in [3.05, 3.63) is 64.9 Å². The Morgan fingerprint density at radius 3 is 2.54 bits per heavy atom. The number of carbonyl (C=O) groups excluding carboxylic acids is 1. The van der Waals surface area contributed by atoms with Gasteiger partial charge in [-0.05, 0) is 36.8 Å². The molecule has 0 aliphatic rings. The molecule has 0 aliphatic heterocycles. The Bertz CT molecular complexity index is 829. The molecule has 24 heavy (non-hydrogen) atoms. The van der Waals surface area contributed by atoms with Crippen molar-refractivity contribution in [1.29, 1.82) is 0 Å². The lowest BCUT2D eigenvalue weighted by Crippen LogP contribution is -2.22. The summed E-state index contributed by atoms with van der Waals surface area (Å²) in [6.45, 7) is 2.31. The number of pyridine rings is 1. The number of rotatable bonds is 5. The summed E-state index contributed by atoms with van der Waals surface area (Å²) in [5, 5.41) is 3.76. The molecule has 2 aromatic heterocycles. The number of amides is 1. The van der Waals surface area contributed by atoms with E-state index in [1.165, 1.54) is 11.3 Å². The highest BCUT2D eigenvalue weighted by Gasteiger charge is 2.16. The SMILES string of the molecule is COc1ccc(CNC(=O)c2sc(-c3ccncc3)nc2C)cc1. The van der Waals surface area contributed by atoms with E-state index >= 15 is 0 Å². The number of ether oxygens (including phenoxy) is 1. The molecule has 122 valence electrons. The summed E-state index contributed by atoms with van der Waals surface area (Å²) in [5.74, 6) is 0.687. The van der Waals surface area contributed by atoms with E-state index in [0.29, 0.717) is 11.4 Å². The van der Waals surface area contributed by atoms with Gasteiger partial charge < -0.3 is 10.1 Å². The largest absolute Gasteiger partial charge is 0.497 e. The second kappa shape index (κ2) is 7.23. The van der Waals surface area contributed by atoms with Crippen LogP contribution in [0.25, 0.3) is 10.6 Å². The number of nitrogens with one attached hydrogen (secondary N) is 1. The maximum atomic E-state index is 12.4. The molecule has 0 aliphatic carbocycles. The van der Waals surface area contributed by atoms with Crippen molar-refractivity contribution in [2.24, 2.45) is 0 Å². The number of benzene rings is 1. The minimum atomic E-state index is -0.110. The maximum Gasteiger partial charge on any atom is 0.263 e. The van der Waals surface area contributed by atoms with Crippen LogP contribution < -0.4 is 10.1 Å². The number of thiazole rings is 1. The molecule has 0 spiro atoms. The second-order valence-corrected chi connectivity index (χ2v) is 6.20. The normalized spacial score (nSPS) is 10.4. The highest BCUT2D eigenvalue weighted by atomic mass is 32.1. The smallest absolute Gasteiger partial charge is 0.263 e. The van der Waals surface area contributed by atoms with Crippen LogP contribution in [0, 0.1) is 6.92 Å². The molecule has 1 N–H and O–H groups in total. The summed E-state index contributed by atoms with van der Waals surface area (Å²) < 4.78 is 5.13. The zero-order chi connectivity index (χ0) is 16.9. The first-order valence-corrected chi connectivity index (χ1v) is 8.28. The molecule has 0 atom stereocenters. The lowest BCUT2D eigenvalue weighted by molar-refractivity contribution is 0.0954. The number of methoxy groups -OCH3 is 1. The summed E-state index contributed by atoms with van der Waals surface area (Å²) in [6, 6.07) is 11.4. The Hall–Kier alpha value is -2.73. The molecule has 3 rings (SSSR count). The number of carbonyl (C=O) groups is 1. The van der Waals surface area contributed by atoms with Gasteiger partial charge in [0, 0.05) is 24.5 Å². The fourth-order valence-electron chi connectivity index (χ4n) is 2.23. The first kappa shape index (κ1) is 16.1. The van der Waals surface area contributed by atoms with Gasteiger partial charge in [-0.15, -0.1) is 11.3 Å². The number of aryl methyl sites for hydroxylation is 1. The predicted octanol–water partition coefficient (Wildman–Crippen LogP) is 3.45. The minimum Gasteiger partial charge on any atom is -0.497 e. The lowest BCUT2D eigenvalue weighted by atomic mass is 10.2. The summed E-state index contributed by atoms with van der Waals surface area (Å²) in [7, 11) is 1.63. The van der Waals surface area contributed by atoms with E-state index in [2.05, 4.69) is 15.3 Å². The van der Waals surface area contributed by atoms with E-state index in [0.717, 1.165) is 27.6 Å². The van der Waals surface area contributed by atoms with E-state index in [-0.39, 0.29) is 5.91 Å². The van der Waals surface area contributed by atoms with Gasteiger partial charge in [-0.1, -0.05) is 12.1 Å². The van der Waals surface area contributed by atoms with Crippen LogP contribution in [0.2, 0.25) is 0 Å². The molecule has 5 nitrogen and oxygen atoms in total. The quantitative estimate of drug-likeness (QED) is 0.773. The number of aromatic nitrogens is 2. The van der Waals surface area contributed by atoms with Crippen molar-refractivity contribution in [3.63, 3.8) is 0 Å². The zero-order valence-electron chi connectivity index (χ0n) is 13.4. The number of nitrogens with zero attached hydrogens (tertiary/aromatic N) is 2. The van der Waals surface area contributed by atoms with Crippen molar-refractivity contribution in [1.82, 2.24) is 15.3 Å². The molecule has 2 heterocycles. The lowest BCUT2D eigenvalue weighted by Gasteiger charge is -2.05. The third-order valence-corrected chi connectivity index (χ3v) is 4.75. The minimum absolute atomic E-state index is 0.110. The van der Waals surface area contributed by atoms with Crippen LogP contribution in [0.1, 0.15) is 20.9 Å². The highest BCUT2D eigenvalue weighted by molar-refractivity contribution is 7.17. The van der Waals surface area contributed by atoms with Crippen LogP contribution in [0.5, 0.6) is 5.75 Å². The number of hydrogen-bond acceptors (Lipinski definition) is 5. The second-order valence-electron chi connectivity index (χ2n) is 5.20. The molecule has 1 aromatic carbocycles. The van der Waals surface area contributed by atoms with Gasteiger partial charge in [0.05, 0.1) is 12.8 Å². The highest BCUT2D eigenvalue weighted by Crippen LogP contribution is 2.27. The fraction of sp³-hybridized carbons (Fsp3) is 0.167. The van der Waals surface area contributed by atoms with Crippen LogP contribution in [0.4, 0.5) is 0 Å². The average Bonchev–Trinajstić information content (AvgIpc) is 3.03. The van der Waals surface area contributed by atoms with E-state index in [1.807, 2.05) is 43.3 Å². The first-order valence-electron chi connectivity index (χ1n) is 7.46. The summed E-state index contributed by atoms with van der Waals surface area (Å²) in [5.41, 5.74) is 2.71. The molecule has 0 radical (unpaired) electrons. The molecular formula is C18H17N3O2S. The van der Waals surface area contributed by atoms with Gasteiger partial charge in [0.2, 0.25) is 0 Å². The predicted molar refractivity (Wildman–Crippen MR) is 94.2 cm³/mol. The van der Waals surface area contributed by atoms with Gasteiger partial charge in [0.1, 0.15) is 15.6 Å². The van der Waals surface area contributed by atoms with Crippen molar-refractivity contribution in [3.8, 4) is 16.3 Å². The van der Waals surface area contributed by atoms with Crippen LogP contribution >= 0.6 is 11.3 Å². The standard InChI is InChI=1S/C18H17N3O2S/c1-12-16(24-18(21-12)14-7-9-19-10-8-14)17(22)20-11-13-3-5-15(23-2)6-4-13/h3-10H,11H2,1-2H3,(H,20,22). The van der Waals surface area contributed by atoms with Gasteiger partial charge in [-0.3, -0.25) is 9.78 Å². The monoisotopic (exact) mass is 339 g/mol. The Kier molecular flexibility index (Phi) is 4.86. The molecule has 0 saturated carbocycles. The Morgan fingerprint density at radius 1 is 1.17 bits per heavy atom. The van der Waals surface area contributed by atoms with E-state index < -0.39 is 0 Å². The summed E-state index contributed by atoms with van der Waals surface area (Å²) in [4.78, 5) is 21.6. The van der Waals surface area contributed by atoms with Gasteiger partial charge in [-0.2, -0.15) is 0 Å². The van der Waals surface area contributed by atoms with Crippen LogP contribution in [0.15, 0.2) is 48.8 Å².